The number of hydrogen-bond acceptors (Lipinski definition) is 2. The number of benzene rings is 1. The number of anilines is 2. The molecule has 1 saturated heterocycles. The maximum atomic E-state index is 12.7. The second kappa shape index (κ2) is 5.43. The van der Waals surface area contributed by atoms with Crippen LogP contribution >= 0.6 is 0 Å². The van der Waals surface area contributed by atoms with Crippen LogP contribution in [0.1, 0.15) is 39.2 Å². The summed E-state index contributed by atoms with van der Waals surface area (Å²) in [6, 6.07) is 3.81. The van der Waals surface area contributed by atoms with Crippen molar-refractivity contribution in [2.75, 3.05) is 17.2 Å². The van der Waals surface area contributed by atoms with Crippen molar-refractivity contribution in [1.29, 1.82) is 0 Å². The van der Waals surface area contributed by atoms with E-state index in [1.165, 1.54) is 6.07 Å². The van der Waals surface area contributed by atoms with Crippen LogP contribution < -0.4 is 10.6 Å². The van der Waals surface area contributed by atoms with E-state index in [1.807, 2.05) is 0 Å². The van der Waals surface area contributed by atoms with Gasteiger partial charge >= 0.3 is 6.18 Å². The first-order valence-electron chi connectivity index (χ1n) is 7.17. The van der Waals surface area contributed by atoms with Gasteiger partial charge < -0.3 is 10.6 Å². The molecule has 1 aromatic carbocycles. The molecule has 1 atom stereocenters. The normalized spacial score (nSPS) is 20.7. The van der Waals surface area contributed by atoms with Crippen molar-refractivity contribution in [1.82, 2.24) is 0 Å². The molecule has 2 N–H and O–H groups in total. The fraction of sp³-hybridized carbons (Fsp3) is 0.562. The van der Waals surface area contributed by atoms with Gasteiger partial charge in [-0.1, -0.05) is 20.8 Å². The van der Waals surface area contributed by atoms with E-state index in [1.54, 1.807) is 0 Å². The Morgan fingerprint density at radius 3 is 2.38 bits per heavy atom. The number of piperidine rings is 1. The molecule has 0 aliphatic carbocycles. The number of alkyl halides is 3. The predicted molar refractivity (Wildman–Crippen MR) is 80.0 cm³/mol. The van der Waals surface area contributed by atoms with Crippen molar-refractivity contribution >= 4 is 11.4 Å². The Morgan fingerprint density at radius 2 is 1.86 bits per heavy atom. The lowest BCUT2D eigenvalue weighted by Crippen LogP contribution is -2.48. The van der Waals surface area contributed by atoms with E-state index < -0.39 is 11.7 Å². The summed E-state index contributed by atoms with van der Waals surface area (Å²) < 4.78 is 38.2. The molecule has 1 fully saturated rings. The number of nitrogen functional groups attached to an aromatic ring is 1. The molecule has 1 aliphatic rings. The summed E-state index contributed by atoms with van der Waals surface area (Å²) in [4.78, 5) is 2.12. The molecule has 1 aliphatic heterocycles. The molecular formula is C16H22F3N2. The van der Waals surface area contributed by atoms with Crippen molar-refractivity contribution in [3.05, 3.63) is 30.2 Å². The van der Waals surface area contributed by atoms with Gasteiger partial charge in [0.25, 0.3) is 0 Å². The molecule has 0 saturated carbocycles. The van der Waals surface area contributed by atoms with Crippen molar-refractivity contribution in [2.24, 2.45) is 5.41 Å². The number of hydrogen-bond donors (Lipinski definition) is 1. The Bertz CT molecular complexity index is 503. The van der Waals surface area contributed by atoms with E-state index in [-0.39, 0.29) is 17.1 Å². The fourth-order valence-electron chi connectivity index (χ4n) is 2.89. The fourth-order valence-corrected chi connectivity index (χ4v) is 2.89. The van der Waals surface area contributed by atoms with Gasteiger partial charge in [-0.05, 0) is 42.9 Å². The molecule has 0 unspecified atom stereocenters. The van der Waals surface area contributed by atoms with Crippen LogP contribution in [0, 0.1) is 11.8 Å². The first-order chi connectivity index (χ1) is 9.60. The van der Waals surface area contributed by atoms with Gasteiger partial charge in [-0.25, -0.2) is 0 Å². The van der Waals surface area contributed by atoms with Crippen molar-refractivity contribution in [2.45, 2.75) is 45.8 Å². The minimum absolute atomic E-state index is 0.00948. The summed E-state index contributed by atoms with van der Waals surface area (Å²) in [5, 5.41) is 0. The molecule has 0 amide bonds. The van der Waals surface area contributed by atoms with Crippen LogP contribution in [0.5, 0.6) is 0 Å². The molecule has 2 rings (SSSR count). The Labute approximate surface area is 124 Å². The molecule has 1 aromatic rings. The summed E-state index contributed by atoms with van der Waals surface area (Å²) in [5.74, 6) is 0. The van der Waals surface area contributed by atoms with Gasteiger partial charge in [-0.2, -0.15) is 13.2 Å². The van der Waals surface area contributed by atoms with Crippen LogP contribution in [-0.4, -0.2) is 12.6 Å². The number of nitrogens with zero attached hydrogens (tertiary/aromatic N) is 1. The monoisotopic (exact) mass is 299 g/mol. The second-order valence-electron chi connectivity index (χ2n) is 6.65. The predicted octanol–water partition coefficient (Wildman–Crippen LogP) is 4.51. The van der Waals surface area contributed by atoms with Crippen molar-refractivity contribution in [3.8, 4) is 0 Å². The minimum atomic E-state index is -4.36. The molecular weight excluding hydrogens is 277 g/mol. The molecule has 117 valence electrons. The highest BCUT2D eigenvalue weighted by molar-refractivity contribution is 5.69. The third-order valence-corrected chi connectivity index (χ3v) is 3.88. The SMILES string of the molecule is CC(C)(C)[C@@H]1[CH]CCCN1c1ccc(C(F)(F)F)cc1N. The second-order valence-corrected chi connectivity index (χ2v) is 6.65. The highest BCUT2D eigenvalue weighted by atomic mass is 19.4. The molecule has 21 heavy (non-hydrogen) atoms. The highest BCUT2D eigenvalue weighted by Crippen LogP contribution is 2.39. The molecule has 5 heteroatoms. The summed E-state index contributed by atoms with van der Waals surface area (Å²) in [7, 11) is 0. The van der Waals surface area contributed by atoms with Crippen LogP contribution in [0.15, 0.2) is 18.2 Å². The Kier molecular flexibility index (Phi) is 4.13. The van der Waals surface area contributed by atoms with Gasteiger partial charge in [0.05, 0.1) is 16.9 Å². The molecule has 0 spiro atoms. The summed E-state index contributed by atoms with van der Waals surface area (Å²) >= 11 is 0. The smallest absolute Gasteiger partial charge is 0.397 e. The van der Waals surface area contributed by atoms with Crippen LogP contribution in [0.25, 0.3) is 0 Å². The molecule has 1 heterocycles. The summed E-state index contributed by atoms with van der Waals surface area (Å²) in [6.45, 7) is 7.21. The zero-order chi connectivity index (χ0) is 15.8. The van der Waals surface area contributed by atoms with Crippen LogP contribution in [0.3, 0.4) is 0 Å². The van der Waals surface area contributed by atoms with Gasteiger partial charge in [0.1, 0.15) is 0 Å². The van der Waals surface area contributed by atoms with Gasteiger partial charge in [0.15, 0.2) is 0 Å². The average molecular weight is 299 g/mol. The van der Waals surface area contributed by atoms with Crippen molar-refractivity contribution < 1.29 is 13.2 Å². The highest BCUT2D eigenvalue weighted by Gasteiger charge is 2.35. The first kappa shape index (κ1) is 16.0. The van der Waals surface area contributed by atoms with E-state index in [0.29, 0.717) is 5.69 Å². The summed E-state index contributed by atoms with van der Waals surface area (Å²) in [6.07, 6.45) is -0.100. The lowest BCUT2D eigenvalue weighted by atomic mass is 9.80. The number of rotatable bonds is 1. The maximum absolute atomic E-state index is 12.7. The largest absolute Gasteiger partial charge is 0.416 e. The minimum Gasteiger partial charge on any atom is -0.397 e. The molecule has 2 nitrogen and oxygen atoms in total. The lowest BCUT2D eigenvalue weighted by molar-refractivity contribution is -0.137. The lowest BCUT2D eigenvalue weighted by Gasteiger charge is -2.45. The summed E-state index contributed by atoms with van der Waals surface area (Å²) in [5.41, 5.74) is 6.09. The van der Waals surface area contributed by atoms with Crippen LogP contribution in [0.2, 0.25) is 0 Å². The topological polar surface area (TPSA) is 29.3 Å². The number of nitrogens with two attached hydrogens (primary N) is 1. The molecule has 0 aromatic heterocycles. The van der Waals surface area contributed by atoms with Gasteiger partial charge in [-0.3, -0.25) is 0 Å². The van der Waals surface area contributed by atoms with Crippen molar-refractivity contribution in [3.63, 3.8) is 0 Å². The zero-order valence-corrected chi connectivity index (χ0v) is 12.7. The first-order valence-corrected chi connectivity index (χ1v) is 7.17. The Balaban J connectivity index is 2.36. The zero-order valence-electron chi connectivity index (χ0n) is 12.7. The van der Waals surface area contributed by atoms with Gasteiger partial charge in [0.2, 0.25) is 0 Å². The third kappa shape index (κ3) is 3.44. The molecule has 0 bridgehead atoms. The van der Waals surface area contributed by atoms with Gasteiger partial charge in [0, 0.05) is 12.6 Å². The van der Waals surface area contributed by atoms with Crippen LogP contribution in [0.4, 0.5) is 24.5 Å². The van der Waals surface area contributed by atoms with E-state index >= 15 is 0 Å². The quantitative estimate of drug-likeness (QED) is 0.773. The van der Waals surface area contributed by atoms with Gasteiger partial charge in [-0.15, -0.1) is 0 Å². The average Bonchev–Trinajstić information content (AvgIpc) is 2.36. The van der Waals surface area contributed by atoms with E-state index in [2.05, 4.69) is 32.1 Å². The van der Waals surface area contributed by atoms with E-state index in [0.717, 1.165) is 31.5 Å². The standard InChI is InChI=1S/C16H22F3N2/c1-15(2,3)14-6-4-5-9-21(14)13-8-7-11(10-12(13)20)16(17,18)19/h6-8,10,14H,4-5,9,20H2,1-3H3/t14-/m0/s1. The van der Waals surface area contributed by atoms with Crippen LogP contribution in [-0.2, 0) is 6.18 Å². The Morgan fingerprint density at radius 1 is 1.19 bits per heavy atom. The third-order valence-electron chi connectivity index (χ3n) is 3.88. The van der Waals surface area contributed by atoms with E-state index in [9.17, 15) is 13.2 Å². The number of halogens is 3. The van der Waals surface area contributed by atoms with E-state index in [4.69, 9.17) is 5.73 Å². The molecule has 1 radical (unpaired) electrons. The maximum Gasteiger partial charge on any atom is 0.416 e. The Hall–Kier alpha value is -1.39.